The Morgan fingerprint density at radius 3 is 1.30 bits per heavy atom. The van der Waals surface area contributed by atoms with Crippen LogP contribution in [-0.4, -0.2) is 9.52 Å². The van der Waals surface area contributed by atoms with Crippen molar-refractivity contribution in [2.75, 3.05) is 0 Å². The molecule has 0 amide bonds. The van der Waals surface area contributed by atoms with Gasteiger partial charge >= 0.3 is 0 Å². The first-order valence-corrected chi connectivity index (χ1v) is 19.0. The van der Waals surface area contributed by atoms with Crippen LogP contribution < -0.4 is 0 Å². The molecule has 1 heteroatoms. The van der Waals surface area contributed by atoms with Crippen LogP contribution in [0.3, 0.4) is 0 Å². The van der Waals surface area contributed by atoms with Gasteiger partial charge in [0.25, 0.3) is 0 Å². The van der Waals surface area contributed by atoms with E-state index in [-0.39, 0.29) is 9.52 Å². The molecule has 4 aromatic carbocycles. The molecule has 0 aliphatic heterocycles. The molecule has 0 fully saturated rings. The number of hydrogen-bond donors (Lipinski definition) is 0. The number of fused-ring (bicyclic) bond motifs is 2. The Balaban J connectivity index is 1.24. The van der Waals surface area contributed by atoms with Crippen LogP contribution in [0, 0.1) is 0 Å². The second kappa shape index (κ2) is 13.5. The van der Waals surface area contributed by atoms with Gasteiger partial charge in [0.05, 0.1) is 0 Å². The van der Waals surface area contributed by atoms with Gasteiger partial charge in [0.15, 0.2) is 0 Å². The molecule has 2 unspecified atom stereocenters. The van der Waals surface area contributed by atoms with Gasteiger partial charge in [0.2, 0.25) is 0 Å². The molecule has 0 saturated carbocycles. The minimum Gasteiger partial charge on any atom is -0.0651 e. The predicted octanol–water partition coefficient (Wildman–Crippen LogP) is 11.4. The van der Waals surface area contributed by atoms with Crippen molar-refractivity contribution in [1.82, 2.24) is 0 Å². The van der Waals surface area contributed by atoms with E-state index in [9.17, 15) is 0 Å². The summed E-state index contributed by atoms with van der Waals surface area (Å²) in [5, 5.41) is 0. The lowest BCUT2D eigenvalue weighted by atomic mass is 9.92. The van der Waals surface area contributed by atoms with Crippen molar-refractivity contribution in [3.63, 3.8) is 0 Å². The third-order valence-corrected chi connectivity index (χ3v) is 12.0. The van der Waals surface area contributed by atoms with Crippen molar-refractivity contribution < 1.29 is 0 Å². The second-order valence-electron chi connectivity index (χ2n) is 12.7. The van der Waals surface area contributed by atoms with Crippen LogP contribution in [0.25, 0.3) is 34.4 Å². The molecule has 220 valence electrons. The summed E-state index contributed by atoms with van der Waals surface area (Å²) in [6, 6.07) is 35.4. The van der Waals surface area contributed by atoms with Gasteiger partial charge in [-0.1, -0.05) is 161 Å². The largest absolute Gasteiger partial charge is 0.0651 e. The Morgan fingerprint density at radius 2 is 0.930 bits per heavy atom. The first kappa shape index (κ1) is 29.6. The summed E-state index contributed by atoms with van der Waals surface area (Å²) in [6.45, 7) is 9.15. The first-order chi connectivity index (χ1) is 21.1. The topological polar surface area (TPSA) is 0 Å². The van der Waals surface area contributed by atoms with Crippen molar-refractivity contribution in [3.05, 3.63) is 129 Å². The molecule has 6 rings (SSSR count). The van der Waals surface area contributed by atoms with Crippen LogP contribution in [0.1, 0.15) is 98.6 Å². The van der Waals surface area contributed by atoms with Crippen LogP contribution in [0.4, 0.5) is 0 Å². The lowest BCUT2D eigenvalue weighted by Gasteiger charge is -2.21. The van der Waals surface area contributed by atoms with E-state index in [4.69, 9.17) is 0 Å². The molecule has 0 nitrogen and oxygen atoms in total. The molecule has 0 radical (unpaired) electrons. The third-order valence-electron chi connectivity index (χ3n) is 9.99. The van der Waals surface area contributed by atoms with Gasteiger partial charge in [0, 0.05) is 21.4 Å². The highest BCUT2D eigenvalue weighted by atomic mass is 28.2. The highest BCUT2D eigenvalue weighted by Crippen LogP contribution is 2.47. The van der Waals surface area contributed by atoms with Gasteiger partial charge in [0.1, 0.15) is 0 Å². The summed E-state index contributed by atoms with van der Waals surface area (Å²) < 4.78 is 0. The summed E-state index contributed by atoms with van der Waals surface area (Å²) in [6.07, 6.45) is 12.2. The number of allylic oxidation sites excluding steroid dienone is 2. The fourth-order valence-electron chi connectivity index (χ4n) is 7.69. The average Bonchev–Trinajstić information content (AvgIpc) is 3.59. The minimum atomic E-state index is -0.273. The Hall–Kier alpha value is -3.42. The molecule has 2 aliphatic carbocycles. The first-order valence-electron chi connectivity index (χ1n) is 17.0. The van der Waals surface area contributed by atoms with E-state index in [1.54, 1.807) is 22.3 Å². The molecular weight excluding hydrogens is 533 g/mol. The summed E-state index contributed by atoms with van der Waals surface area (Å²) in [5.41, 5.74) is 17.9. The van der Waals surface area contributed by atoms with Crippen LogP contribution in [0.5, 0.6) is 0 Å². The van der Waals surface area contributed by atoms with Crippen LogP contribution >= 0.6 is 0 Å². The van der Waals surface area contributed by atoms with Crippen LogP contribution in [0.15, 0.2) is 96.1 Å². The van der Waals surface area contributed by atoms with Crippen molar-refractivity contribution in [2.45, 2.75) is 90.1 Å². The van der Waals surface area contributed by atoms with Gasteiger partial charge in [-0.3, -0.25) is 0 Å². The maximum Gasteiger partial charge on any atom is 0.0218 e. The van der Waals surface area contributed by atoms with Gasteiger partial charge in [-0.25, -0.2) is 0 Å². The standard InChI is InChI=1S/C42H48Si/c1-5-11-33-25-39-35(31-21-17-29(7-3)18-22-31)13-9-15-37(39)41(33)27-43-28-42-34(12-6-2)26-40-36(14-10-16-38(40)42)32-23-19-30(8-4)20-24-32/h9-10,13-26,41-42H,5-8,11-12,27-28,43H2,1-4H3. The normalized spacial score (nSPS) is 17.3. The zero-order valence-corrected chi connectivity index (χ0v) is 28.2. The Labute approximate surface area is 262 Å². The predicted molar refractivity (Wildman–Crippen MR) is 192 cm³/mol. The van der Waals surface area contributed by atoms with Crippen molar-refractivity contribution in [1.29, 1.82) is 0 Å². The highest BCUT2D eigenvalue weighted by Gasteiger charge is 2.29. The number of hydrogen-bond acceptors (Lipinski definition) is 0. The average molecular weight is 581 g/mol. The zero-order valence-electron chi connectivity index (χ0n) is 26.8. The van der Waals surface area contributed by atoms with E-state index >= 15 is 0 Å². The SMILES string of the molecule is CCCC1=Cc2c(-c3ccc(CC)cc3)cccc2C1C[SiH2]CC1C(CCC)=Cc2c(-c3ccc(CC)cc3)cccc21. The summed E-state index contributed by atoms with van der Waals surface area (Å²) >= 11 is 0. The maximum absolute atomic E-state index is 2.57. The molecule has 0 saturated heterocycles. The lowest BCUT2D eigenvalue weighted by molar-refractivity contribution is 0.781. The van der Waals surface area contributed by atoms with E-state index in [2.05, 4.69) is 125 Å². The highest BCUT2D eigenvalue weighted by molar-refractivity contribution is 6.36. The molecule has 0 bridgehead atoms. The van der Waals surface area contributed by atoms with Gasteiger partial charge in [-0.15, -0.1) is 0 Å². The monoisotopic (exact) mass is 580 g/mol. The van der Waals surface area contributed by atoms with Gasteiger partial charge in [-0.2, -0.15) is 0 Å². The molecule has 4 aromatic rings. The zero-order chi connectivity index (χ0) is 29.8. The Kier molecular flexibility index (Phi) is 9.29. The lowest BCUT2D eigenvalue weighted by Crippen LogP contribution is -2.08. The molecular formula is C42H48Si. The van der Waals surface area contributed by atoms with Gasteiger partial charge < -0.3 is 0 Å². The molecule has 43 heavy (non-hydrogen) atoms. The Bertz CT molecular complexity index is 1490. The molecule has 2 atom stereocenters. The summed E-state index contributed by atoms with van der Waals surface area (Å²) in [7, 11) is -0.273. The molecule has 0 heterocycles. The number of rotatable bonds is 12. The second-order valence-corrected chi connectivity index (χ2v) is 14.6. The van der Waals surface area contributed by atoms with E-state index in [1.165, 1.54) is 82.3 Å². The van der Waals surface area contributed by atoms with Crippen molar-refractivity contribution in [2.24, 2.45) is 0 Å². The fourth-order valence-corrected chi connectivity index (χ4v) is 10.1. The van der Waals surface area contributed by atoms with E-state index in [0.717, 1.165) is 12.8 Å². The van der Waals surface area contributed by atoms with Crippen molar-refractivity contribution >= 4 is 21.7 Å². The molecule has 2 aliphatic rings. The Morgan fingerprint density at radius 1 is 0.512 bits per heavy atom. The smallest absolute Gasteiger partial charge is 0.0218 e. The molecule has 0 spiro atoms. The summed E-state index contributed by atoms with van der Waals surface area (Å²) in [4.78, 5) is 0. The molecule has 0 N–H and O–H groups in total. The minimum absolute atomic E-state index is 0.273. The summed E-state index contributed by atoms with van der Waals surface area (Å²) in [5.74, 6) is 1.22. The number of aryl methyl sites for hydroxylation is 2. The van der Waals surface area contributed by atoms with Crippen LogP contribution in [-0.2, 0) is 12.8 Å². The van der Waals surface area contributed by atoms with Gasteiger partial charge in [-0.05, 0) is 81.3 Å². The van der Waals surface area contributed by atoms with Crippen molar-refractivity contribution in [3.8, 4) is 22.3 Å². The third kappa shape index (κ3) is 6.02. The maximum atomic E-state index is 2.57. The molecule has 0 aromatic heterocycles. The quantitative estimate of drug-likeness (QED) is 0.146. The van der Waals surface area contributed by atoms with E-state index in [0.29, 0.717) is 11.8 Å². The van der Waals surface area contributed by atoms with Crippen LogP contribution in [0.2, 0.25) is 12.1 Å². The van der Waals surface area contributed by atoms with E-state index < -0.39 is 0 Å². The fraction of sp³-hybridized carbons (Fsp3) is 0.333. The van der Waals surface area contributed by atoms with E-state index in [1.807, 2.05) is 0 Å². The number of benzene rings is 4.